The first kappa shape index (κ1) is 22.3. The fourth-order valence-electron chi connectivity index (χ4n) is 3.12. The van der Waals surface area contributed by atoms with Crippen molar-refractivity contribution in [1.82, 2.24) is 4.90 Å². The molecule has 2 aromatic rings. The Labute approximate surface area is 170 Å². The Morgan fingerprint density at radius 2 is 1.72 bits per heavy atom. The first-order valence-corrected chi connectivity index (χ1v) is 8.42. The van der Waals surface area contributed by atoms with Gasteiger partial charge >= 0.3 is 6.18 Å². The van der Waals surface area contributed by atoms with E-state index in [1.54, 1.807) is 34.1 Å². The lowest BCUT2D eigenvalue weighted by Crippen LogP contribution is -2.49. The van der Waals surface area contributed by atoms with E-state index in [1.165, 1.54) is 0 Å². The summed E-state index contributed by atoms with van der Waals surface area (Å²) in [7, 11) is 0. The molecular weight excluding hydrogens is 413 g/mol. The molecule has 2 N–H and O–H groups in total. The van der Waals surface area contributed by atoms with Gasteiger partial charge in [0.05, 0.1) is 10.5 Å². The van der Waals surface area contributed by atoms with E-state index in [2.05, 4.69) is 0 Å². The predicted molar refractivity (Wildman–Crippen MR) is 104 cm³/mol. The number of hydrogen-bond donors (Lipinski definition) is 1. The predicted octanol–water partition coefficient (Wildman–Crippen LogP) is 3.58. The van der Waals surface area contributed by atoms with Gasteiger partial charge in [-0.2, -0.15) is 13.2 Å². The summed E-state index contributed by atoms with van der Waals surface area (Å²) in [6.45, 7) is 1.10. The molecule has 0 radical (unpaired) electrons. The summed E-state index contributed by atoms with van der Waals surface area (Å²) in [5, 5.41) is 11.3. The maximum atomic E-state index is 12.8. The van der Waals surface area contributed by atoms with Crippen LogP contribution >= 0.6 is 12.4 Å². The van der Waals surface area contributed by atoms with E-state index in [0.29, 0.717) is 17.3 Å². The third-order valence-electron chi connectivity index (χ3n) is 4.54. The Morgan fingerprint density at radius 3 is 2.28 bits per heavy atom. The third-order valence-corrected chi connectivity index (χ3v) is 4.54. The number of rotatable bonds is 3. The molecule has 0 spiro atoms. The summed E-state index contributed by atoms with van der Waals surface area (Å²) in [6, 6.07) is 9.02. The Kier molecular flexibility index (Phi) is 6.58. The number of anilines is 2. The first-order valence-electron chi connectivity index (χ1n) is 8.42. The van der Waals surface area contributed by atoms with E-state index in [9.17, 15) is 28.1 Å². The van der Waals surface area contributed by atoms with Gasteiger partial charge in [-0.1, -0.05) is 6.07 Å². The fourth-order valence-corrected chi connectivity index (χ4v) is 3.12. The lowest BCUT2D eigenvalue weighted by Gasteiger charge is -2.36. The van der Waals surface area contributed by atoms with Crippen molar-refractivity contribution in [3.8, 4) is 0 Å². The van der Waals surface area contributed by atoms with Crippen molar-refractivity contribution in [1.29, 1.82) is 0 Å². The summed E-state index contributed by atoms with van der Waals surface area (Å²) in [5.41, 5.74) is 5.02. The maximum Gasteiger partial charge on any atom is 0.416 e. The number of nitro benzene ring substituents is 1. The van der Waals surface area contributed by atoms with Crippen LogP contribution in [0.4, 0.5) is 30.2 Å². The van der Waals surface area contributed by atoms with Crippen molar-refractivity contribution in [2.45, 2.75) is 6.18 Å². The number of nitrogen functional groups attached to an aromatic ring is 1. The summed E-state index contributed by atoms with van der Waals surface area (Å²) < 4.78 is 38.5. The average Bonchev–Trinajstić information content (AvgIpc) is 2.66. The van der Waals surface area contributed by atoms with Crippen LogP contribution in [0.2, 0.25) is 0 Å². The molecule has 1 aliphatic rings. The van der Waals surface area contributed by atoms with Crippen molar-refractivity contribution in [3.63, 3.8) is 0 Å². The van der Waals surface area contributed by atoms with Gasteiger partial charge in [0.15, 0.2) is 0 Å². The first-order chi connectivity index (χ1) is 13.2. The molecule has 29 heavy (non-hydrogen) atoms. The second-order valence-corrected chi connectivity index (χ2v) is 6.36. The number of piperazine rings is 1. The van der Waals surface area contributed by atoms with Crippen molar-refractivity contribution in [2.24, 2.45) is 0 Å². The van der Waals surface area contributed by atoms with Crippen LogP contribution in [0.1, 0.15) is 15.9 Å². The molecule has 1 heterocycles. The standard InChI is InChI=1S/C18H17F3N4O3.ClH/c19-18(20,21)13-4-5-15(16(11-13)25(27)28)23-6-8-24(9-7-23)17(26)12-2-1-3-14(22)10-12;/h1-5,10-11H,6-9,22H2;1H. The van der Waals surface area contributed by atoms with E-state index in [4.69, 9.17) is 5.73 Å². The summed E-state index contributed by atoms with van der Waals surface area (Å²) >= 11 is 0. The van der Waals surface area contributed by atoms with E-state index in [0.717, 1.165) is 12.1 Å². The van der Waals surface area contributed by atoms with Crippen molar-refractivity contribution in [2.75, 3.05) is 36.8 Å². The number of benzene rings is 2. The lowest BCUT2D eigenvalue weighted by molar-refractivity contribution is -0.384. The molecule has 0 aromatic heterocycles. The van der Waals surface area contributed by atoms with Crippen LogP contribution in [0.3, 0.4) is 0 Å². The van der Waals surface area contributed by atoms with Gasteiger partial charge in [-0.3, -0.25) is 14.9 Å². The van der Waals surface area contributed by atoms with Crippen LogP contribution in [-0.4, -0.2) is 41.9 Å². The zero-order valence-corrected chi connectivity index (χ0v) is 15.9. The van der Waals surface area contributed by atoms with Gasteiger partial charge in [-0.05, 0) is 30.3 Å². The van der Waals surface area contributed by atoms with Gasteiger partial charge in [0.2, 0.25) is 0 Å². The molecule has 2 aromatic carbocycles. The van der Waals surface area contributed by atoms with E-state index < -0.39 is 22.4 Å². The summed E-state index contributed by atoms with van der Waals surface area (Å²) in [6.07, 6.45) is -4.66. The smallest absolute Gasteiger partial charge is 0.399 e. The fraction of sp³-hybridized carbons (Fsp3) is 0.278. The minimum Gasteiger partial charge on any atom is -0.399 e. The largest absolute Gasteiger partial charge is 0.416 e. The highest BCUT2D eigenvalue weighted by Gasteiger charge is 2.34. The van der Waals surface area contributed by atoms with Crippen LogP contribution in [0.5, 0.6) is 0 Å². The molecular formula is C18H18ClF3N4O3. The average molecular weight is 431 g/mol. The Morgan fingerprint density at radius 1 is 1.07 bits per heavy atom. The molecule has 0 aliphatic carbocycles. The molecule has 0 atom stereocenters. The molecule has 0 bridgehead atoms. The second-order valence-electron chi connectivity index (χ2n) is 6.36. The number of halogens is 4. The van der Waals surface area contributed by atoms with E-state index >= 15 is 0 Å². The van der Waals surface area contributed by atoms with Crippen LogP contribution in [0.25, 0.3) is 0 Å². The molecule has 1 fully saturated rings. The van der Waals surface area contributed by atoms with Crippen molar-refractivity contribution >= 4 is 35.4 Å². The molecule has 156 valence electrons. The Hall–Kier alpha value is -3.01. The molecule has 3 rings (SSSR count). The zero-order chi connectivity index (χ0) is 20.5. The van der Waals surface area contributed by atoms with Gasteiger partial charge in [-0.15, -0.1) is 12.4 Å². The number of nitrogens with zero attached hydrogens (tertiary/aromatic N) is 3. The molecule has 1 aliphatic heterocycles. The number of carbonyl (C=O) groups excluding carboxylic acids is 1. The van der Waals surface area contributed by atoms with Crippen molar-refractivity contribution < 1.29 is 22.9 Å². The molecule has 1 saturated heterocycles. The molecule has 1 amide bonds. The molecule has 0 saturated carbocycles. The summed E-state index contributed by atoms with van der Waals surface area (Å²) in [5.74, 6) is -0.214. The van der Waals surface area contributed by atoms with Gasteiger partial charge in [0.25, 0.3) is 11.6 Å². The van der Waals surface area contributed by atoms with Crippen LogP contribution < -0.4 is 10.6 Å². The van der Waals surface area contributed by atoms with Crippen molar-refractivity contribution in [3.05, 3.63) is 63.7 Å². The molecule has 7 nitrogen and oxygen atoms in total. The van der Waals surface area contributed by atoms with Gasteiger partial charge in [-0.25, -0.2) is 0 Å². The lowest BCUT2D eigenvalue weighted by atomic mass is 10.1. The Balaban J connectivity index is 0.00000300. The third kappa shape index (κ3) is 4.89. The quantitative estimate of drug-likeness (QED) is 0.456. The molecule has 0 unspecified atom stereocenters. The van der Waals surface area contributed by atoms with Gasteiger partial charge < -0.3 is 15.5 Å². The van der Waals surface area contributed by atoms with E-state index in [1.807, 2.05) is 0 Å². The number of nitro groups is 1. The van der Waals surface area contributed by atoms with Crippen LogP contribution in [0.15, 0.2) is 42.5 Å². The number of amides is 1. The van der Waals surface area contributed by atoms with Crippen LogP contribution in [-0.2, 0) is 6.18 Å². The zero-order valence-electron chi connectivity index (χ0n) is 15.1. The van der Waals surface area contributed by atoms with Crippen LogP contribution in [0, 0.1) is 10.1 Å². The number of hydrogen-bond acceptors (Lipinski definition) is 5. The second kappa shape index (κ2) is 8.56. The number of nitrogens with two attached hydrogens (primary N) is 1. The minimum atomic E-state index is -4.66. The molecule has 11 heteroatoms. The maximum absolute atomic E-state index is 12.8. The highest BCUT2D eigenvalue weighted by molar-refractivity contribution is 5.95. The monoisotopic (exact) mass is 430 g/mol. The normalized spacial score (nSPS) is 14.3. The highest BCUT2D eigenvalue weighted by Crippen LogP contribution is 2.36. The van der Waals surface area contributed by atoms with Gasteiger partial charge in [0, 0.05) is 43.5 Å². The minimum absolute atomic E-state index is 0. The van der Waals surface area contributed by atoms with Gasteiger partial charge in [0.1, 0.15) is 5.69 Å². The number of carbonyl (C=O) groups is 1. The van der Waals surface area contributed by atoms with E-state index in [-0.39, 0.29) is 50.2 Å². The SMILES string of the molecule is Cl.Nc1cccc(C(=O)N2CCN(c3ccc(C(F)(F)F)cc3[N+](=O)[O-])CC2)c1. The Bertz CT molecular complexity index is 915. The topological polar surface area (TPSA) is 92.7 Å². The number of alkyl halides is 3. The highest BCUT2D eigenvalue weighted by atomic mass is 35.5. The summed E-state index contributed by atoms with van der Waals surface area (Å²) in [4.78, 5) is 26.2.